The minimum atomic E-state index is -2.32. The van der Waals surface area contributed by atoms with Crippen molar-refractivity contribution in [3.8, 4) is 0 Å². The van der Waals surface area contributed by atoms with Crippen LogP contribution in [0.15, 0.2) is 18.5 Å². The Labute approximate surface area is 230 Å². The standard InChI is InChI=1S/C25H37ClN5O2PS2/c1-24(2,3)19(32)16(11-35)34(7,17(12-36)20(33)25(4,5)6)15-9-8-14(10-15)31-13-28-18-21(26)29-23(27)30-22(18)31/h8-9,13-17H,10-12H2,1-7H3,(H3-,27,29,30,35,36)/p+1/t14-,15+,16+,17+/m0/s1. The minimum absolute atomic E-state index is 0.0292. The molecule has 0 fully saturated rings. The summed E-state index contributed by atoms with van der Waals surface area (Å²) in [6.45, 7) is 13.8. The Hall–Kier alpha value is -1.15. The van der Waals surface area contributed by atoms with E-state index in [0.29, 0.717) is 29.1 Å². The van der Waals surface area contributed by atoms with Crippen molar-refractivity contribution in [1.82, 2.24) is 19.5 Å². The van der Waals surface area contributed by atoms with Crippen LogP contribution in [0.5, 0.6) is 0 Å². The summed E-state index contributed by atoms with van der Waals surface area (Å²) in [6, 6.07) is -0.0692. The molecule has 1 aliphatic rings. The molecule has 0 radical (unpaired) electrons. The van der Waals surface area contributed by atoms with Gasteiger partial charge in [0.05, 0.1) is 24.7 Å². The van der Waals surface area contributed by atoms with Gasteiger partial charge < -0.3 is 10.3 Å². The number of anilines is 1. The maximum atomic E-state index is 13.8. The summed E-state index contributed by atoms with van der Waals surface area (Å²) in [4.78, 5) is 40.4. The number of hydrogen-bond acceptors (Lipinski definition) is 8. The average molecular weight is 571 g/mol. The van der Waals surface area contributed by atoms with Crippen LogP contribution in [0, 0.1) is 10.8 Å². The highest BCUT2D eigenvalue weighted by Crippen LogP contribution is 2.72. The summed E-state index contributed by atoms with van der Waals surface area (Å²) < 4.78 is 1.95. The number of nitrogens with zero attached hydrogens (tertiary/aromatic N) is 4. The van der Waals surface area contributed by atoms with Crippen molar-refractivity contribution < 1.29 is 9.59 Å². The van der Waals surface area contributed by atoms with E-state index in [0.717, 1.165) is 0 Å². The van der Waals surface area contributed by atoms with Crippen molar-refractivity contribution in [3.05, 3.63) is 23.6 Å². The summed E-state index contributed by atoms with van der Waals surface area (Å²) >= 11 is 15.6. The van der Waals surface area contributed by atoms with Crippen molar-refractivity contribution in [3.63, 3.8) is 0 Å². The Morgan fingerprint density at radius 3 is 2.08 bits per heavy atom. The van der Waals surface area contributed by atoms with E-state index in [-0.39, 0.29) is 45.7 Å². The van der Waals surface area contributed by atoms with E-state index in [9.17, 15) is 9.59 Å². The van der Waals surface area contributed by atoms with Crippen LogP contribution in [0.1, 0.15) is 54.0 Å². The molecule has 2 aromatic heterocycles. The molecule has 2 aromatic rings. The van der Waals surface area contributed by atoms with Gasteiger partial charge in [-0.3, -0.25) is 9.59 Å². The summed E-state index contributed by atoms with van der Waals surface area (Å²) in [7, 11) is -2.32. The summed E-state index contributed by atoms with van der Waals surface area (Å²) in [5.74, 6) is 1.18. The van der Waals surface area contributed by atoms with Gasteiger partial charge in [0.25, 0.3) is 0 Å². The highest BCUT2D eigenvalue weighted by Gasteiger charge is 2.60. The Morgan fingerprint density at radius 1 is 1.08 bits per heavy atom. The van der Waals surface area contributed by atoms with Crippen molar-refractivity contribution in [2.45, 2.75) is 71.0 Å². The van der Waals surface area contributed by atoms with Crippen LogP contribution in [-0.4, -0.2) is 66.2 Å². The first-order valence-corrected chi connectivity index (χ1v) is 16.2. The smallest absolute Gasteiger partial charge is 0.223 e. The number of thiol groups is 2. The summed E-state index contributed by atoms with van der Waals surface area (Å²) in [6.07, 6.45) is 6.70. The number of carbonyl (C=O) groups is 2. The molecule has 1 aliphatic carbocycles. The second-order valence-corrected chi connectivity index (χ2v) is 17.2. The Kier molecular flexibility index (Phi) is 8.62. The fourth-order valence-electron chi connectivity index (χ4n) is 5.12. The van der Waals surface area contributed by atoms with E-state index in [4.69, 9.17) is 17.3 Å². The average Bonchev–Trinajstić information content (AvgIpc) is 3.40. The molecule has 198 valence electrons. The number of nitrogen functional groups attached to an aromatic ring is 1. The van der Waals surface area contributed by atoms with Gasteiger partial charge in [0, 0.05) is 36.0 Å². The van der Waals surface area contributed by atoms with Crippen LogP contribution in [0.2, 0.25) is 5.15 Å². The fraction of sp³-hybridized carbons (Fsp3) is 0.640. The largest absolute Gasteiger partial charge is 0.368 e. The molecule has 36 heavy (non-hydrogen) atoms. The zero-order valence-corrected chi connectivity index (χ0v) is 25.5. The molecule has 0 saturated heterocycles. The van der Waals surface area contributed by atoms with E-state index in [2.05, 4.69) is 59.0 Å². The monoisotopic (exact) mass is 570 g/mol. The number of carbonyl (C=O) groups excluding carboxylic acids is 2. The lowest BCUT2D eigenvalue weighted by Crippen LogP contribution is -2.46. The van der Waals surface area contributed by atoms with Crippen LogP contribution in [0.25, 0.3) is 11.2 Å². The first kappa shape index (κ1) is 29.4. The van der Waals surface area contributed by atoms with Crippen LogP contribution in [-0.2, 0) is 9.59 Å². The molecule has 0 saturated carbocycles. The van der Waals surface area contributed by atoms with E-state index in [1.165, 1.54) is 0 Å². The molecule has 2 heterocycles. The van der Waals surface area contributed by atoms with Gasteiger partial charge in [-0.05, 0) is 6.08 Å². The zero-order valence-electron chi connectivity index (χ0n) is 22.1. The van der Waals surface area contributed by atoms with Crippen LogP contribution in [0.4, 0.5) is 5.95 Å². The molecule has 0 aromatic carbocycles. The second-order valence-electron chi connectivity index (χ2n) is 11.8. The number of aromatic nitrogens is 4. The molecule has 0 unspecified atom stereocenters. The van der Waals surface area contributed by atoms with E-state index in [1.54, 1.807) is 6.33 Å². The number of imidazole rings is 1. The topological polar surface area (TPSA) is 104 Å². The Morgan fingerprint density at radius 2 is 1.61 bits per heavy atom. The number of rotatable bonds is 8. The first-order valence-electron chi connectivity index (χ1n) is 12.1. The Bertz CT molecular complexity index is 1150. The maximum Gasteiger partial charge on any atom is 0.223 e. The van der Waals surface area contributed by atoms with E-state index >= 15 is 0 Å². The number of halogens is 1. The maximum absolute atomic E-state index is 13.8. The van der Waals surface area contributed by atoms with Crippen molar-refractivity contribution in [1.29, 1.82) is 0 Å². The third-order valence-electron chi connectivity index (χ3n) is 7.28. The van der Waals surface area contributed by atoms with Gasteiger partial charge in [0.15, 0.2) is 22.4 Å². The predicted molar refractivity (Wildman–Crippen MR) is 158 cm³/mol. The molecule has 0 amide bonds. The molecule has 2 N–H and O–H groups in total. The number of allylic oxidation sites excluding steroid dienone is 2. The molecular formula is C25H38ClN5O2PS2+. The van der Waals surface area contributed by atoms with Crippen LogP contribution < -0.4 is 5.73 Å². The molecule has 0 bridgehead atoms. The number of Topliss-reactive ketones (excluding diaryl/α,β-unsaturated/α-hetero) is 2. The fourth-order valence-corrected chi connectivity index (χ4v) is 12.8. The van der Waals surface area contributed by atoms with Gasteiger partial charge >= 0.3 is 0 Å². The molecular weight excluding hydrogens is 533 g/mol. The summed E-state index contributed by atoms with van der Waals surface area (Å²) in [5, 5.41) is 0.212. The molecule has 7 nitrogen and oxygen atoms in total. The summed E-state index contributed by atoms with van der Waals surface area (Å²) in [5.41, 5.74) is 5.19. The highest BCUT2D eigenvalue weighted by molar-refractivity contribution is 7.85. The van der Waals surface area contributed by atoms with Crippen molar-refractivity contribution >= 4 is 72.8 Å². The number of ketones is 2. The van der Waals surface area contributed by atoms with Crippen molar-refractivity contribution in [2.24, 2.45) is 10.8 Å². The lowest BCUT2D eigenvalue weighted by Gasteiger charge is -2.42. The van der Waals surface area contributed by atoms with Gasteiger partial charge in [0.1, 0.15) is 16.8 Å². The van der Waals surface area contributed by atoms with Gasteiger partial charge in [0.2, 0.25) is 5.95 Å². The second kappa shape index (κ2) is 10.5. The Balaban J connectivity index is 2.10. The normalized spacial score (nSPS) is 20.6. The molecule has 4 atom stereocenters. The molecule has 3 rings (SSSR count). The first-order chi connectivity index (χ1) is 16.6. The molecule has 0 aliphatic heterocycles. The minimum Gasteiger partial charge on any atom is -0.368 e. The third-order valence-corrected chi connectivity index (χ3v) is 14.2. The lowest BCUT2D eigenvalue weighted by molar-refractivity contribution is -0.125. The number of hydrogen-bond donors (Lipinski definition) is 3. The van der Waals surface area contributed by atoms with Crippen molar-refractivity contribution in [2.75, 3.05) is 23.9 Å². The number of fused-ring (bicyclic) bond motifs is 1. The molecule has 11 heteroatoms. The number of nitrogens with two attached hydrogens (primary N) is 1. The van der Waals surface area contributed by atoms with Gasteiger partial charge in [-0.25, -0.2) is 4.98 Å². The van der Waals surface area contributed by atoms with Gasteiger partial charge in [-0.1, -0.05) is 59.2 Å². The lowest BCUT2D eigenvalue weighted by atomic mass is 9.89. The zero-order chi connectivity index (χ0) is 27.2. The van der Waals surface area contributed by atoms with E-state index < -0.39 is 18.1 Å². The predicted octanol–water partition coefficient (Wildman–Crippen LogP) is 5.41. The third kappa shape index (κ3) is 5.36. The van der Waals surface area contributed by atoms with E-state index in [1.807, 2.05) is 46.1 Å². The van der Waals surface area contributed by atoms with Crippen LogP contribution in [0.3, 0.4) is 0 Å². The van der Waals surface area contributed by atoms with Gasteiger partial charge in [-0.2, -0.15) is 35.2 Å². The van der Waals surface area contributed by atoms with Crippen LogP contribution >= 0.6 is 44.1 Å². The quantitative estimate of drug-likeness (QED) is 0.170. The van der Waals surface area contributed by atoms with Gasteiger partial charge in [-0.15, -0.1) is 0 Å². The highest BCUT2D eigenvalue weighted by atomic mass is 35.5. The molecule has 0 spiro atoms. The SMILES string of the molecule is CC(C)(C)C(=O)[C@@H](CS)[P+](C)([C@@H]1C=C[C@H](n2cnc3c(Cl)nc(N)nc32)C1)[C@H](CS)C(=O)C(C)(C)C.